The number of carboxylic acids is 1. The number of hydrogen-bond acceptors (Lipinski definition) is 2. The minimum Gasteiger partial charge on any atom is -0.480 e. The number of urea groups is 1. The molecular weight excluding hydrogens is 196 g/mol. The second kappa shape index (κ2) is 4.51. The number of hydrogen-bond donors (Lipinski definition) is 3. The van der Waals surface area contributed by atoms with Gasteiger partial charge in [-0.3, -0.25) is 0 Å². The number of rotatable bonds is 4. The van der Waals surface area contributed by atoms with Crippen LogP contribution in [0.5, 0.6) is 0 Å². The lowest BCUT2D eigenvalue weighted by atomic mass is 10.1. The molecule has 15 heavy (non-hydrogen) atoms. The molecule has 0 aromatic rings. The van der Waals surface area contributed by atoms with E-state index in [4.69, 9.17) is 5.11 Å². The average molecular weight is 214 g/mol. The summed E-state index contributed by atoms with van der Waals surface area (Å²) in [6, 6.07) is -0.990. The fourth-order valence-corrected chi connectivity index (χ4v) is 1.39. The Morgan fingerprint density at radius 2 is 1.93 bits per heavy atom. The first-order chi connectivity index (χ1) is 6.91. The number of carboxylic acid groups (broad SMARTS) is 1. The van der Waals surface area contributed by atoms with E-state index in [9.17, 15) is 9.59 Å². The molecule has 1 rings (SSSR count). The third-order valence-corrected chi connectivity index (χ3v) is 2.65. The second-order valence-corrected chi connectivity index (χ2v) is 4.50. The van der Waals surface area contributed by atoms with E-state index in [0.717, 1.165) is 6.42 Å². The molecule has 5 nitrogen and oxygen atoms in total. The zero-order valence-electron chi connectivity index (χ0n) is 9.28. The Morgan fingerprint density at radius 1 is 1.40 bits per heavy atom. The highest BCUT2D eigenvalue weighted by atomic mass is 16.4. The molecule has 0 aromatic heterocycles. The molecule has 1 aliphatic rings. The highest BCUT2D eigenvalue weighted by Crippen LogP contribution is 2.28. The summed E-state index contributed by atoms with van der Waals surface area (Å²) in [7, 11) is 0. The normalized spacial score (nSPS) is 25.9. The van der Waals surface area contributed by atoms with Crippen LogP contribution in [0.3, 0.4) is 0 Å². The van der Waals surface area contributed by atoms with Crippen molar-refractivity contribution in [2.24, 2.45) is 11.8 Å². The fourth-order valence-electron chi connectivity index (χ4n) is 1.39. The number of carbonyl (C=O) groups is 2. The number of amides is 2. The highest BCUT2D eigenvalue weighted by Gasteiger charge is 2.34. The van der Waals surface area contributed by atoms with Gasteiger partial charge in [0.25, 0.3) is 0 Å². The zero-order chi connectivity index (χ0) is 11.6. The van der Waals surface area contributed by atoms with Gasteiger partial charge in [-0.15, -0.1) is 0 Å². The lowest BCUT2D eigenvalue weighted by molar-refractivity contribution is -0.140. The SMILES string of the molecule is CC1CC1NC(=O)N[C@@H](C(=O)O)C(C)C. The summed E-state index contributed by atoms with van der Waals surface area (Å²) in [5, 5.41) is 14.0. The molecule has 86 valence electrons. The van der Waals surface area contributed by atoms with E-state index in [1.165, 1.54) is 0 Å². The Kier molecular flexibility index (Phi) is 3.55. The van der Waals surface area contributed by atoms with Crippen molar-refractivity contribution in [1.82, 2.24) is 10.6 Å². The maximum atomic E-state index is 11.4. The van der Waals surface area contributed by atoms with Crippen LogP contribution in [-0.2, 0) is 4.79 Å². The van der Waals surface area contributed by atoms with Crippen LogP contribution < -0.4 is 10.6 Å². The van der Waals surface area contributed by atoms with E-state index in [-0.39, 0.29) is 18.0 Å². The third-order valence-electron chi connectivity index (χ3n) is 2.65. The minimum atomic E-state index is -0.996. The first-order valence-electron chi connectivity index (χ1n) is 5.21. The number of carbonyl (C=O) groups excluding carboxylic acids is 1. The van der Waals surface area contributed by atoms with Gasteiger partial charge in [0.1, 0.15) is 6.04 Å². The fraction of sp³-hybridized carbons (Fsp3) is 0.800. The van der Waals surface area contributed by atoms with E-state index in [0.29, 0.717) is 5.92 Å². The van der Waals surface area contributed by atoms with Crippen LogP contribution in [-0.4, -0.2) is 29.2 Å². The van der Waals surface area contributed by atoms with Gasteiger partial charge in [-0.05, 0) is 18.3 Å². The maximum absolute atomic E-state index is 11.4. The van der Waals surface area contributed by atoms with Gasteiger partial charge in [-0.25, -0.2) is 9.59 Å². The second-order valence-electron chi connectivity index (χ2n) is 4.50. The summed E-state index contributed by atoms with van der Waals surface area (Å²) in [6.07, 6.45) is 0.979. The van der Waals surface area contributed by atoms with Gasteiger partial charge < -0.3 is 15.7 Å². The van der Waals surface area contributed by atoms with Gasteiger partial charge in [-0.2, -0.15) is 0 Å². The Bertz CT molecular complexity index is 265. The minimum absolute atomic E-state index is 0.120. The third kappa shape index (κ3) is 3.42. The molecule has 0 saturated heterocycles. The molecule has 0 radical (unpaired) electrons. The summed E-state index contributed by atoms with van der Waals surface area (Å²) in [5.74, 6) is -0.605. The van der Waals surface area contributed by atoms with Crippen LogP contribution in [0, 0.1) is 11.8 Å². The Morgan fingerprint density at radius 3 is 2.27 bits per heavy atom. The van der Waals surface area contributed by atoms with Crippen molar-refractivity contribution in [2.75, 3.05) is 0 Å². The molecule has 0 aliphatic heterocycles. The van der Waals surface area contributed by atoms with Gasteiger partial charge >= 0.3 is 12.0 Å². The van der Waals surface area contributed by atoms with Crippen LogP contribution in [0.2, 0.25) is 0 Å². The smallest absolute Gasteiger partial charge is 0.326 e. The van der Waals surface area contributed by atoms with Crippen molar-refractivity contribution in [1.29, 1.82) is 0 Å². The molecule has 3 N–H and O–H groups in total. The van der Waals surface area contributed by atoms with Gasteiger partial charge in [0.2, 0.25) is 0 Å². The standard InChI is InChI=1S/C10H18N2O3/c1-5(2)8(9(13)14)12-10(15)11-7-4-6(7)3/h5-8H,4H2,1-3H3,(H,13,14)(H2,11,12,15)/t6?,7?,8-/m1/s1. The molecule has 1 fully saturated rings. The zero-order valence-corrected chi connectivity index (χ0v) is 9.28. The van der Waals surface area contributed by atoms with Crippen LogP contribution in [0.1, 0.15) is 27.2 Å². The van der Waals surface area contributed by atoms with E-state index in [2.05, 4.69) is 10.6 Å². The first kappa shape index (κ1) is 11.8. The van der Waals surface area contributed by atoms with Crippen molar-refractivity contribution < 1.29 is 14.7 Å². The van der Waals surface area contributed by atoms with Crippen LogP contribution >= 0.6 is 0 Å². The van der Waals surface area contributed by atoms with Crippen molar-refractivity contribution in [3.05, 3.63) is 0 Å². The van der Waals surface area contributed by atoms with Crippen molar-refractivity contribution in [3.8, 4) is 0 Å². The number of aliphatic carboxylic acids is 1. The molecular formula is C10H18N2O3. The van der Waals surface area contributed by atoms with E-state index >= 15 is 0 Å². The molecule has 2 amide bonds. The molecule has 0 heterocycles. The molecule has 2 unspecified atom stereocenters. The maximum Gasteiger partial charge on any atom is 0.326 e. The monoisotopic (exact) mass is 214 g/mol. The van der Waals surface area contributed by atoms with Gasteiger partial charge in [0.05, 0.1) is 0 Å². The predicted molar refractivity (Wildman–Crippen MR) is 55.5 cm³/mol. The van der Waals surface area contributed by atoms with E-state index < -0.39 is 12.0 Å². The molecule has 5 heteroatoms. The van der Waals surface area contributed by atoms with Crippen molar-refractivity contribution in [3.63, 3.8) is 0 Å². The number of nitrogens with one attached hydrogen (secondary N) is 2. The van der Waals surface area contributed by atoms with Crippen molar-refractivity contribution in [2.45, 2.75) is 39.3 Å². The Labute approximate surface area is 89.2 Å². The van der Waals surface area contributed by atoms with E-state index in [1.54, 1.807) is 13.8 Å². The van der Waals surface area contributed by atoms with Crippen LogP contribution in [0.15, 0.2) is 0 Å². The Balaban J connectivity index is 2.37. The molecule has 0 aromatic carbocycles. The average Bonchev–Trinajstić information content (AvgIpc) is 2.76. The van der Waals surface area contributed by atoms with E-state index in [1.807, 2.05) is 6.92 Å². The lowest BCUT2D eigenvalue weighted by Gasteiger charge is -2.18. The first-order valence-corrected chi connectivity index (χ1v) is 5.21. The molecule has 1 saturated carbocycles. The summed E-state index contributed by atoms with van der Waals surface area (Å²) >= 11 is 0. The largest absolute Gasteiger partial charge is 0.480 e. The van der Waals surface area contributed by atoms with Gasteiger partial charge in [0, 0.05) is 6.04 Å². The summed E-state index contributed by atoms with van der Waals surface area (Å²) in [4.78, 5) is 22.2. The summed E-state index contributed by atoms with van der Waals surface area (Å²) in [6.45, 7) is 5.57. The molecule has 0 spiro atoms. The van der Waals surface area contributed by atoms with Gasteiger partial charge in [0.15, 0.2) is 0 Å². The quantitative estimate of drug-likeness (QED) is 0.647. The van der Waals surface area contributed by atoms with Crippen molar-refractivity contribution >= 4 is 12.0 Å². The molecule has 0 bridgehead atoms. The lowest BCUT2D eigenvalue weighted by Crippen LogP contribution is -2.49. The summed E-state index contributed by atoms with van der Waals surface area (Å²) < 4.78 is 0. The topological polar surface area (TPSA) is 78.4 Å². The Hall–Kier alpha value is -1.26. The molecule has 1 aliphatic carbocycles. The predicted octanol–water partition coefficient (Wildman–Crippen LogP) is 0.803. The molecule has 3 atom stereocenters. The highest BCUT2D eigenvalue weighted by molar-refractivity contribution is 5.83. The van der Waals surface area contributed by atoms with Crippen LogP contribution in [0.4, 0.5) is 4.79 Å². The van der Waals surface area contributed by atoms with Crippen LogP contribution in [0.25, 0.3) is 0 Å². The van der Waals surface area contributed by atoms with Gasteiger partial charge in [-0.1, -0.05) is 20.8 Å². The summed E-state index contributed by atoms with van der Waals surface area (Å²) in [5.41, 5.74) is 0.